The number of amides is 1. The van der Waals surface area contributed by atoms with E-state index in [-0.39, 0.29) is 41.4 Å². The Hall–Kier alpha value is -3.24. The molecule has 1 amide bonds. The summed E-state index contributed by atoms with van der Waals surface area (Å²) in [4.78, 5) is 39.2. The van der Waals surface area contributed by atoms with Crippen molar-refractivity contribution in [2.45, 2.75) is 77.7 Å². The normalized spacial score (nSPS) is 21.9. The molecule has 9 nitrogen and oxygen atoms in total. The highest BCUT2D eigenvalue weighted by Crippen LogP contribution is 2.43. The first-order valence-electron chi connectivity index (χ1n) is 13.5. The molecule has 0 atom stereocenters. The minimum absolute atomic E-state index is 0.0466. The van der Waals surface area contributed by atoms with Gasteiger partial charge in [0.1, 0.15) is 11.9 Å². The Morgan fingerprint density at radius 2 is 1.87 bits per heavy atom. The summed E-state index contributed by atoms with van der Waals surface area (Å²) < 4.78 is 28.7. The average Bonchev–Trinajstić information content (AvgIpc) is 3.38. The Morgan fingerprint density at radius 3 is 2.54 bits per heavy atom. The number of carbonyl (C=O) groups excluding carboxylic acids is 3. The number of ether oxygens (including phenoxy) is 2. The molecule has 5 rings (SSSR count). The number of primary amides is 1. The summed E-state index contributed by atoms with van der Waals surface area (Å²) >= 11 is 0. The molecule has 10 heteroatoms. The zero-order valence-corrected chi connectivity index (χ0v) is 23.1. The van der Waals surface area contributed by atoms with Crippen LogP contribution in [-0.2, 0) is 33.9 Å². The van der Waals surface area contributed by atoms with Crippen molar-refractivity contribution < 1.29 is 28.2 Å². The quantitative estimate of drug-likeness (QED) is 0.514. The lowest BCUT2D eigenvalue weighted by atomic mass is 9.75. The van der Waals surface area contributed by atoms with Gasteiger partial charge in [0, 0.05) is 29.3 Å². The number of nitrogens with one attached hydrogen (secondary N) is 1. The number of carbonyl (C=O) groups is 3. The SMILES string of the molecule is CN(C)CC(=O)O[C@H]1CC[C@H](Nc2cc(-n3c4c(c5c3CC(C)(C)CC5=O)COC4)cc(F)c2C(N)=O)CC1. The molecular formula is C29H37FN4O5. The van der Waals surface area contributed by atoms with Gasteiger partial charge < -0.3 is 25.1 Å². The molecule has 0 spiro atoms. The van der Waals surface area contributed by atoms with Crippen LogP contribution in [0.25, 0.3) is 5.69 Å². The second-order valence-electron chi connectivity index (χ2n) is 12.1. The molecule has 0 radical (unpaired) electrons. The maximum atomic E-state index is 15.5. The number of anilines is 1. The summed E-state index contributed by atoms with van der Waals surface area (Å²) in [5, 5.41) is 3.35. The molecule has 2 aromatic rings. The molecule has 1 aromatic carbocycles. The second kappa shape index (κ2) is 10.4. The number of ketones is 1. The monoisotopic (exact) mass is 540 g/mol. The first kappa shape index (κ1) is 27.3. The molecule has 0 unspecified atom stereocenters. The largest absolute Gasteiger partial charge is 0.461 e. The van der Waals surface area contributed by atoms with Crippen LogP contribution in [-0.4, -0.2) is 59.9 Å². The molecule has 1 fully saturated rings. The molecule has 2 aliphatic carbocycles. The minimum Gasteiger partial charge on any atom is -0.461 e. The molecule has 3 N–H and O–H groups in total. The number of nitrogens with zero attached hydrogens (tertiary/aromatic N) is 2. The summed E-state index contributed by atoms with van der Waals surface area (Å²) in [6.07, 6.45) is 3.66. The number of benzene rings is 1. The Kier molecular flexibility index (Phi) is 7.28. The van der Waals surface area contributed by atoms with Crippen LogP contribution in [0.5, 0.6) is 0 Å². The van der Waals surface area contributed by atoms with Gasteiger partial charge in [0.15, 0.2) is 5.78 Å². The van der Waals surface area contributed by atoms with E-state index in [1.165, 1.54) is 6.07 Å². The van der Waals surface area contributed by atoms with Crippen molar-refractivity contribution >= 4 is 23.3 Å². The standard InChI is InChI=1S/C29H37FN4O5/c1-29(2)11-22-26(24(35)12-29)19-14-38-15-23(19)34(22)17-9-20(30)27(28(31)37)21(10-17)32-16-5-7-18(8-6-16)39-25(36)13-33(3)4/h9-10,16,18,32H,5-8,11-15H2,1-4H3,(H2,31,37)/t16-,18-. The van der Waals surface area contributed by atoms with Crippen LogP contribution in [0.1, 0.15) is 83.6 Å². The van der Waals surface area contributed by atoms with Gasteiger partial charge in [0.05, 0.1) is 42.4 Å². The number of esters is 1. The van der Waals surface area contributed by atoms with Gasteiger partial charge in [-0.05, 0) is 63.7 Å². The fraction of sp³-hybridized carbons (Fsp3) is 0.552. The van der Waals surface area contributed by atoms with E-state index >= 15 is 4.39 Å². The van der Waals surface area contributed by atoms with Gasteiger partial charge in [0.25, 0.3) is 5.91 Å². The lowest BCUT2D eigenvalue weighted by Crippen LogP contribution is -2.34. The van der Waals surface area contributed by atoms with E-state index in [2.05, 4.69) is 19.2 Å². The van der Waals surface area contributed by atoms with E-state index in [1.54, 1.807) is 11.0 Å². The molecule has 3 aliphatic rings. The number of aromatic nitrogens is 1. The van der Waals surface area contributed by atoms with Gasteiger partial charge in [-0.25, -0.2) is 4.39 Å². The molecule has 210 valence electrons. The number of fused-ring (bicyclic) bond motifs is 3. The van der Waals surface area contributed by atoms with E-state index in [0.29, 0.717) is 68.7 Å². The van der Waals surface area contributed by atoms with Crippen LogP contribution >= 0.6 is 0 Å². The third-order valence-corrected chi connectivity index (χ3v) is 7.88. The van der Waals surface area contributed by atoms with Gasteiger partial charge in [0.2, 0.25) is 0 Å². The molecule has 1 aliphatic heterocycles. The van der Waals surface area contributed by atoms with Crippen molar-refractivity contribution in [2.75, 3.05) is 26.0 Å². The van der Waals surface area contributed by atoms with E-state index < -0.39 is 11.7 Å². The minimum atomic E-state index is -0.854. The maximum Gasteiger partial charge on any atom is 0.320 e. The third kappa shape index (κ3) is 5.45. The van der Waals surface area contributed by atoms with Crippen LogP contribution < -0.4 is 11.1 Å². The number of halogens is 1. The molecule has 1 aromatic heterocycles. The summed E-state index contributed by atoms with van der Waals surface area (Å²) in [6.45, 7) is 5.03. The number of hydrogen-bond acceptors (Lipinski definition) is 7. The van der Waals surface area contributed by atoms with Crippen molar-refractivity contribution in [2.24, 2.45) is 11.1 Å². The Bertz CT molecular complexity index is 1320. The number of rotatable bonds is 7. The van der Waals surface area contributed by atoms with Crippen molar-refractivity contribution in [1.29, 1.82) is 0 Å². The van der Waals surface area contributed by atoms with Crippen LogP contribution in [0.2, 0.25) is 0 Å². The number of nitrogens with two attached hydrogens (primary N) is 1. The molecule has 0 saturated heterocycles. The van der Waals surface area contributed by atoms with Gasteiger partial charge in [-0.2, -0.15) is 0 Å². The van der Waals surface area contributed by atoms with E-state index in [1.807, 2.05) is 18.7 Å². The zero-order chi connectivity index (χ0) is 28.1. The van der Waals surface area contributed by atoms with Crippen LogP contribution in [0.15, 0.2) is 12.1 Å². The molecule has 0 bridgehead atoms. The van der Waals surface area contributed by atoms with Gasteiger partial charge in [-0.15, -0.1) is 0 Å². The number of hydrogen-bond donors (Lipinski definition) is 2. The molecule has 1 saturated carbocycles. The summed E-state index contributed by atoms with van der Waals surface area (Å²) in [5.74, 6) is -1.75. The fourth-order valence-electron chi connectivity index (χ4n) is 6.24. The molecule has 39 heavy (non-hydrogen) atoms. The van der Waals surface area contributed by atoms with E-state index in [4.69, 9.17) is 15.2 Å². The summed E-state index contributed by atoms with van der Waals surface area (Å²) in [5.41, 5.74) is 9.32. The zero-order valence-electron chi connectivity index (χ0n) is 23.1. The lowest BCUT2D eigenvalue weighted by Gasteiger charge is -2.31. The highest BCUT2D eigenvalue weighted by atomic mass is 19.1. The average molecular weight is 541 g/mol. The van der Waals surface area contributed by atoms with Crippen LogP contribution in [0.3, 0.4) is 0 Å². The smallest absolute Gasteiger partial charge is 0.320 e. The third-order valence-electron chi connectivity index (χ3n) is 7.88. The lowest BCUT2D eigenvalue weighted by molar-refractivity contribution is -0.151. The molecule has 2 heterocycles. The van der Waals surface area contributed by atoms with Gasteiger partial charge in [-0.3, -0.25) is 19.3 Å². The predicted octanol–water partition coefficient (Wildman–Crippen LogP) is 3.73. The number of Topliss-reactive ketones (excluding diaryl/α,β-unsaturated/α-hetero) is 1. The summed E-state index contributed by atoms with van der Waals surface area (Å²) in [6, 6.07) is 3.02. The fourth-order valence-corrected chi connectivity index (χ4v) is 6.24. The highest BCUT2D eigenvalue weighted by molar-refractivity contribution is 6.01. The van der Waals surface area contributed by atoms with Crippen molar-refractivity contribution in [1.82, 2.24) is 9.47 Å². The molecular weight excluding hydrogens is 503 g/mol. The second-order valence-corrected chi connectivity index (χ2v) is 12.1. The Morgan fingerprint density at radius 1 is 1.15 bits per heavy atom. The number of likely N-dealkylation sites (N-methyl/N-ethyl adjacent to an activating group) is 1. The van der Waals surface area contributed by atoms with Gasteiger partial charge in [-0.1, -0.05) is 13.8 Å². The Balaban J connectivity index is 1.44. The highest BCUT2D eigenvalue weighted by Gasteiger charge is 2.39. The first-order chi connectivity index (χ1) is 18.4. The van der Waals surface area contributed by atoms with Crippen molar-refractivity contribution in [3.63, 3.8) is 0 Å². The van der Waals surface area contributed by atoms with E-state index in [0.717, 1.165) is 17.0 Å². The van der Waals surface area contributed by atoms with Crippen LogP contribution in [0.4, 0.5) is 10.1 Å². The van der Waals surface area contributed by atoms with Crippen molar-refractivity contribution in [3.05, 3.63) is 46.0 Å². The van der Waals surface area contributed by atoms with Crippen LogP contribution in [0, 0.1) is 11.2 Å². The Labute approximate surface area is 227 Å². The topological polar surface area (TPSA) is 116 Å². The van der Waals surface area contributed by atoms with E-state index in [9.17, 15) is 14.4 Å². The first-order valence-corrected chi connectivity index (χ1v) is 13.5. The predicted molar refractivity (Wildman–Crippen MR) is 143 cm³/mol. The maximum absolute atomic E-state index is 15.5. The van der Waals surface area contributed by atoms with Crippen molar-refractivity contribution in [3.8, 4) is 5.69 Å². The van der Waals surface area contributed by atoms with Gasteiger partial charge >= 0.3 is 5.97 Å². The summed E-state index contributed by atoms with van der Waals surface area (Å²) in [7, 11) is 3.63.